The minimum absolute atomic E-state index is 0.0384. The fourth-order valence-electron chi connectivity index (χ4n) is 5.19. The third-order valence-corrected chi connectivity index (χ3v) is 9.45. The second-order valence-electron chi connectivity index (χ2n) is 10.1. The van der Waals surface area contributed by atoms with Crippen molar-refractivity contribution in [3.63, 3.8) is 0 Å². The Balaban J connectivity index is 1.17. The standard InChI is InChI=1S/C20H23ClN10O12P2/c21-13-7-16(29-20(23)28-13)31(3-26-7)17-9(32)11-6(40-17)1-39-45(36,37)43-12-10(33)18(41-19(12)38-5-44(34,35)42-11)30-4-27-8-14(22)24-2-25-15(8)30/h2-4,6,9-12,17-19,32-33H,1,5H2,(H,34,35)(H,36,37)(H2,22,24,25)(H2,23,28,29)/t6-,9?,10?,11?,12?,17-,18-,19+/m1/s1. The van der Waals surface area contributed by atoms with Gasteiger partial charge in [-0.2, -0.15) is 9.97 Å². The zero-order valence-corrected chi connectivity index (χ0v) is 24.9. The van der Waals surface area contributed by atoms with Crippen LogP contribution in [0.1, 0.15) is 12.5 Å². The lowest BCUT2D eigenvalue weighted by molar-refractivity contribution is -0.168. The molecule has 0 aliphatic carbocycles. The van der Waals surface area contributed by atoms with Crippen molar-refractivity contribution in [1.82, 2.24) is 39.0 Å². The lowest BCUT2D eigenvalue weighted by Crippen LogP contribution is -2.38. The number of nitrogen functional groups attached to an aromatic ring is 2. The molecule has 0 spiro atoms. The Morgan fingerprint density at radius 2 is 1.58 bits per heavy atom. The first kappa shape index (κ1) is 30.7. The molecule has 8 N–H and O–H groups in total. The number of anilines is 2. The van der Waals surface area contributed by atoms with E-state index in [4.69, 9.17) is 50.9 Å². The summed E-state index contributed by atoms with van der Waals surface area (Å²) in [7, 11) is -9.81. The number of phosphoric acid groups is 1. The SMILES string of the molecule is Nc1nc(Cl)c2ncn([C@@H]3O[C@@H]4COP(=O)(O)OC5C(O)[C@H](n6cnc7c(N)ncnc76)O[C@@H]5OCP(=O)(O)OC4C3O)c2n1. The third kappa shape index (κ3) is 5.46. The van der Waals surface area contributed by atoms with Crippen LogP contribution in [-0.2, 0) is 36.9 Å². The number of hydrogen-bond donors (Lipinski definition) is 6. The smallest absolute Gasteiger partial charge is 0.386 e. The summed E-state index contributed by atoms with van der Waals surface area (Å²) in [6.45, 7) is -0.794. The number of ether oxygens (including phenoxy) is 3. The first-order chi connectivity index (χ1) is 21.3. The van der Waals surface area contributed by atoms with E-state index < -0.39 is 77.6 Å². The van der Waals surface area contributed by atoms with E-state index in [1.807, 2.05) is 0 Å². The van der Waals surface area contributed by atoms with E-state index in [2.05, 4.69) is 29.9 Å². The van der Waals surface area contributed by atoms with Crippen LogP contribution in [0, 0.1) is 0 Å². The Morgan fingerprint density at radius 1 is 0.889 bits per heavy atom. The molecule has 4 aromatic rings. The molecule has 10 atom stereocenters. The number of nitrogens with zero attached hydrogens (tertiary/aromatic N) is 8. The van der Waals surface area contributed by atoms with Gasteiger partial charge in [-0.15, -0.1) is 0 Å². The van der Waals surface area contributed by atoms with Gasteiger partial charge in [-0.1, -0.05) is 11.6 Å². The molecule has 4 aromatic heterocycles. The molecule has 0 aromatic carbocycles. The molecule has 3 fully saturated rings. The van der Waals surface area contributed by atoms with Crippen LogP contribution in [0.25, 0.3) is 22.3 Å². The number of imidazole rings is 2. The van der Waals surface area contributed by atoms with E-state index in [0.29, 0.717) is 0 Å². The van der Waals surface area contributed by atoms with Gasteiger partial charge >= 0.3 is 15.4 Å². The molecule has 0 bridgehead atoms. The maximum Gasteiger partial charge on any atom is 0.472 e. The first-order valence-corrected chi connectivity index (χ1v) is 16.5. The molecule has 3 aliphatic rings. The normalized spacial score (nSPS) is 37.7. The van der Waals surface area contributed by atoms with Gasteiger partial charge in [0.25, 0.3) is 0 Å². The molecule has 3 aliphatic heterocycles. The van der Waals surface area contributed by atoms with Gasteiger partial charge < -0.3 is 45.7 Å². The van der Waals surface area contributed by atoms with Gasteiger partial charge in [-0.3, -0.25) is 27.3 Å². The highest BCUT2D eigenvalue weighted by atomic mass is 35.5. The Kier molecular flexibility index (Phi) is 7.56. The monoisotopic (exact) mass is 692 g/mol. The first-order valence-electron chi connectivity index (χ1n) is 12.8. The van der Waals surface area contributed by atoms with Gasteiger partial charge in [0.15, 0.2) is 53.5 Å². The highest BCUT2D eigenvalue weighted by Crippen LogP contribution is 2.53. The van der Waals surface area contributed by atoms with Gasteiger partial charge in [0.1, 0.15) is 41.8 Å². The predicted molar refractivity (Wildman–Crippen MR) is 146 cm³/mol. The quantitative estimate of drug-likeness (QED) is 0.109. The van der Waals surface area contributed by atoms with Gasteiger partial charge in [0.2, 0.25) is 5.95 Å². The summed E-state index contributed by atoms with van der Waals surface area (Å²) >= 11 is 6.09. The summed E-state index contributed by atoms with van der Waals surface area (Å²) in [5, 5.41) is 22.2. The van der Waals surface area contributed by atoms with E-state index >= 15 is 0 Å². The Morgan fingerprint density at radius 3 is 2.36 bits per heavy atom. The number of aliphatic hydroxyl groups is 2. The van der Waals surface area contributed by atoms with E-state index in [9.17, 15) is 29.1 Å². The van der Waals surface area contributed by atoms with Crippen LogP contribution in [0.15, 0.2) is 19.0 Å². The number of halogens is 1. The number of aliphatic hydroxyl groups excluding tert-OH is 2. The van der Waals surface area contributed by atoms with Crippen molar-refractivity contribution in [2.24, 2.45) is 0 Å². The molecular weight excluding hydrogens is 670 g/mol. The second kappa shape index (κ2) is 11.1. The van der Waals surface area contributed by atoms with E-state index in [1.165, 1.54) is 21.8 Å². The molecule has 0 saturated carbocycles. The number of aromatic nitrogens is 8. The summed E-state index contributed by atoms with van der Waals surface area (Å²) in [6, 6.07) is 0. The van der Waals surface area contributed by atoms with Crippen molar-refractivity contribution >= 4 is 61.1 Å². The summed E-state index contributed by atoms with van der Waals surface area (Å²) in [4.78, 5) is 45.3. The molecule has 0 amide bonds. The average Bonchev–Trinajstić information content (AvgIpc) is 3.72. The third-order valence-electron chi connectivity index (χ3n) is 7.16. The number of fused-ring (bicyclic) bond motifs is 4. The molecule has 7 heterocycles. The molecule has 25 heteroatoms. The number of phosphoric ester groups is 1. The lowest BCUT2D eigenvalue weighted by atomic mass is 10.1. The van der Waals surface area contributed by atoms with Crippen LogP contribution in [0.4, 0.5) is 11.8 Å². The van der Waals surface area contributed by atoms with Gasteiger partial charge in [-0.25, -0.2) is 24.5 Å². The van der Waals surface area contributed by atoms with E-state index in [-0.39, 0.29) is 39.2 Å². The summed E-state index contributed by atoms with van der Waals surface area (Å²) in [5.41, 5.74) is 12.0. The molecule has 22 nitrogen and oxygen atoms in total. The molecular formula is C20H23ClN10O12P2. The van der Waals surface area contributed by atoms with Crippen molar-refractivity contribution in [3.8, 4) is 0 Å². The van der Waals surface area contributed by atoms with Crippen LogP contribution < -0.4 is 11.5 Å². The fraction of sp³-hybridized carbons (Fsp3) is 0.500. The van der Waals surface area contributed by atoms with Crippen LogP contribution in [0.2, 0.25) is 5.15 Å². The molecule has 3 saturated heterocycles. The zero-order chi connectivity index (χ0) is 31.8. The number of hydrogen-bond acceptors (Lipinski definition) is 18. The van der Waals surface area contributed by atoms with Gasteiger partial charge in [0.05, 0.1) is 19.3 Å². The maximum absolute atomic E-state index is 13.2. The van der Waals surface area contributed by atoms with Crippen LogP contribution in [0.3, 0.4) is 0 Å². The van der Waals surface area contributed by atoms with Crippen molar-refractivity contribution in [1.29, 1.82) is 0 Å². The Hall–Kier alpha value is -2.95. The summed E-state index contributed by atoms with van der Waals surface area (Å²) < 4.78 is 61.5. The molecule has 6 unspecified atom stereocenters. The number of rotatable bonds is 2. The van der Waals surface area contributed by atoms with Crippen molar-refractivity contribution in [3.05, 3.63) is 24.1 Å². The largest absolute Gasteiger partial charge is 0.472 e. The Bertz CT molecular complexity index is 1880. The topological polar surface area (TPSA) is 310 Å². The highest BCUT2D eigenvalue weighted by molar-refractivity contribution is 7.52. The minimum Gasteiger partial charge on any atom is -0.386 e. The molecule has 7 rings (SSSR count). The van der Waals surface area contributed by atoms with Gasteiger partial charge in [-0.05, 0) is 0 Å². The van der Waals surface area contributed by atoms with Crippen molar-refractivity contribution < 1.29 is 56.9 Å². The summed E-state index contributed by atoms with van der Waals surface area (Å²) in [6.07, 6.45) is -10.2. The van der Waals surface area contributed by atoms with Crippen LogP contribution >= 0.6 is 27.0 Å². The minimum atomic E-state index is -5.05. The Labute approximate surface area is 254 Å². The number of nitrogens with two attached hydrogens (primary N) is 2. The molecule has 0 radical (unpaired) electrons. The lowest BCUT2D eigenvalue weighted by Gasteiger charge is -2.28. The highest BCUT2D eigenvalue weighted by Gasteiger charge is 2.54. The fourth-order valence-corrected chi connectivity index (χ4v) is 7.37. The van der Waals surface area contributed by atoms with Crippen LogP contribution in [0.5, 0.6) is 0 Å². The maximum atomic E-state index is 13.2. The van der Waals surface area contributed by atoms with Crippen molar-refractivity contribution in [2.45, 2.75) is 49.3 Å². The zero-order valence-electron chi connectivity index (χ0n) is 22.3. The summed E-state index contributed by atoms with van der Waals surface area (Å²) in [5.74, 6) is -0.171. The van der Waals surface area contributed by atoms with Crippen LogP contribution in [-0.4, -0.2) is 109 Å². The van der Waals surface area contributed by atoms with E-state index in [1.54, 1.807) is 0 Å². The molecule has 45 heavy (non-hydrogen) atoms. The second-order valence-corrected chi connectivity index (χ2v) is 13.6. The average molecular weight is 693 g/mol. The van der Waals surface area contributed by atoms with Crippen molar-refractivity contribution in [2.75, 3.05) is 24.4 Å². The molecule has 242 valence electrons. The predicted octanol–water partition coefficient (Wildman–Crippen LogP) is -0.981. The van der Waals surface area contributed by atoms with Gasteiger partial charge in [0, 0.05) is 0 Å². The van der Waals surface area contributed by atoms with E-state index in [0.717, 1.165) is 6.33 Å².